The summed E-state index contributed by atoms with van der Waals surface area (Å²) in [6.07, 6.45) is 0.718. The Labute approximate surface area is 102 Å². The van der Waals surface area contributed by atoms with Crippen molar-refractivity contribution < 1.29 is 9.90 Å². The van der Waals surface area contributed by atoms with Gasteiger partial charge in [-0.05, 0) is 38.8 Å². The van der Waals surface area contributed by atoms with Crippen molar-refractivity contribution in [2.45, 2.75) is 27.2 Å². The molecule has 0 saturated carbocycles. The lowest BCUT2D eigenvalue weighted by molar-refractivity contribution is -0.146. The fourth-order valence-electron chi connectivity index (χ4n) is 2.50. The maximum Gasteiger partial charge on any atom is 0.311 e. The number of carbonyl (C=O) groups is 1. The zero-order valence-corrected chi connectivity index (χ0v) is 10.7. The van der Waals surface area contributed by atoms with Gasteiger partial charge in [-0.1, -0.05) is 17.7 Å². The molecule has 92 valence electrons. The number of nitrogens with zero attached hydrogens (tertiary/aromatic N) is 1. The second kappa shape index (κ2) is 4.06. The normalized spacial score (nSPS) is 24.1. The van der Waals surface area contributed by atoms with Crippen molar-refractivity contribution in [2.24, 2.45) is 5.41 Å². The highest BCUT2D eigenvalue weighted by molar-refractivity contribution is 5.76. The Hall–Kier alpha value is -1.51. The minimum Gasteiger partial charge on any atom is -0.481 e. The number of anilines is 1. The van der Waals surface area contributed by atoms with Crippen molar-refractivity contribution in [3.63, 3.8) is 0 Å². The van der Waals surface area contributed by atoms with E-state index in [0.29, 0.717) is 6.54 Å². The summed E-state index contributed by atoms with van der Waals surface area (Å²) in [5.74, 6) is -0.690. The van der Waals surface area contributed by atoms with Gasteiger partial charge in [-0.2, -0.15) is 0 Å². The molecule has 0 aromatic heterocycles. The lowest BCUT2D eigenvalue weighted by atomic mass is 9.90. The maximum absolute atomic E-state index is 11.2. The van der Waals surface area contributed by atoms with Gasteiger partial charge in [0.1, 0.15) is 0 Å². The monoisotopic (exact) mass is 233 g/mol. The van der Waals surface area contributed by atoms with Gasteiger partial charge in [0, 0.05) is 18.8 Å². The fourth-order valence-corrected chi connectivity index (χ4v) is 2.50. The van der Waals surface area contributed by atoms with Gasteiger partial charge in [-0.15, -0.1) is 0 Å². The number of hydrogen-bond acceptors (Lipinski definition) is 2. The molecule has 1 N–H and O–H groups in total. The Morgan fingerprint density at radius 3 is 2.65 bits per heavy atom. The van der Waals surface area contributed by atoms with Crippen LogP contribution in [0.5, 0.6) is 0 Å². The van der Waals surface area contributed by atoms with Crippen LogP contribution in [0.15, 0.2) is 18.2 Å². The highest BCUT2D eigenvalue weighted by Gasteiger charge is 2.40. The van der Waals surface area contributed by atoms with Crippen molar-refractivity contribution in [3.8, 4) is 0 Å². The third-order valence-electron chi connectivity index (χ3n) is 3.68. The predicted octanol–water partition coefficient (Wildman–Crippen LogP) is 2.60. The number of rotatable bonds is 2. The summed E-state index contributed by atoms with van der Waals surface area (Å²) in [7, 11) is 0. The van der Waals surface area contributed by atoms with Crippen LogP contribution in [0.1, 0.15) is 24.5 Å². The summed E-state index contributed by atoms with van der Waals surface area (Å²) < 4.78 is 0. The molecular weight excluding hydrogens is 214 g/mol. The first-order valence-electron chi connectivity index (χ1n) is 5.98. The van der Waals surface area contributed by atoms with Crippen LogP contribution in [0, 0.1) is 19.3 Å². The molecule has 3 nitrogen and oxygen atoms in total. The van der Waals surface area contributed by atoms with Crippen LogP contribution in [-0.2, 0) is 4.79 Å². The Morgan fingerprint density at radius 1 is 1.41 bits per heavy atom. The van der Waals surface area contributed by atoms with Crippen LogP contribution < -0.4 is 4.90 Å². The maximum atomic E-state index is 11.2. The van der Waals surface area contributed by atoms with Crippen LogP contribution >= 0.6 is 0 Å². The average molecular weight is 233 g/mol. The Kier molecular flexibility index (Phi) is 2.86. The third-order valence-corrected chi connectivity index (χ3v) is 3.68. The van der Waals surface area contributed by atoms with Crippen LogP contribution in [0.3, 0.4) is 0 Å². The van der Waals surface area contributed by atoms with Crippen molar-refractivity contribution in [1.29, 1.82) is 0 Å². The Bertz CT molecular complexity index is 456. The van der Waals surface area contributed by atoms with Crippen LogP contribution in [0.25, 0.3) is 0 Å². The minimum atomic E-state index is -0.690. The summed E-state index contributed by atoms with van der Waals surface area (Å²) in [6.45, 7) is 7.42. The molecule has 1 fully saturated rings. The van der Waals surface area contributed by atoms with E-state index in [-0.39, 0.29) is 0 Å². The standard InChI is InChI=1S/C14H19NO2/c1-10-4-5-12(11(2)8-10)15-7-6-14(3,9-15)13(16)17/h4-5,8H,6-7,9H2,1-3H3,(H,16,17). The van der Waals surface area contributed by atoms with E-state index in [1.54, 1.807) is 0 Å². The van der Waals surface area contributed by atoms with E-state index in [1.165, 1.54) is 16.8 Å². The quantitative estimate of drug-likeness (QED) is 0.853. The summed E-state index contributed by atoms with van der Waals surface area (Å²) >= 11 is 0. The predicted molar refractivity (Wildman–Crippen MR) is 68.5 cm³/mol. The molecule has 3 heteroatoms. The smallest absolute Gasteiger partial charge is 0.311 e. The van der Waals surface area contributed by atoms with Crippen molar-refractivity contribution in [1.82, 2.24) is 0 Å². The lowest BCUT2D eigenvalue weighted by Crippen LogP contribution is -2.31. The van der Waals surface area contributed by atoms with Gasteiger partial charge < -0.3 is 10.0 Å². The van der Waals surface area contributed by atoms with Crippen LogP contribution in [-0.4, -0.2) is 24.2 Å². The summed E-state index contributed by atoms with van der Waals surface area (Å²) in [6, 6.07) is 6.32. The molecule has 1 aliphatic heterocycles. The largest absolute Gasteiger partial charge is 0.481 e. The van der Waals surface area contributed by atoms with E-state index in [0.717, 1.165) is 13.0 Å². The number of aryl methyl sites for hydroxylation is 2. The minimum absolute atomic E-state index is 0.600. The van der Waals surface area contributed by atoms with E-state index < -0.39 is 11.4 Å². The van der Waals surface area contributed by atoms with Crippen molar-refractivity contribution in [3.05, 3.63) is 29.3 Å². The van der Waals surface area contributed by atoms with Crippen molar-refractivity contribution in [2.75, 3.05) is 18.0 Å². The van der Waals surface area contributed by atoms with Crippen LogP contribution in [0.4, 0.5) is 5.69 Å². The number of carboxylic acid groups (broad SMARTS) is 1. The number of carboxylic acids is 1. The molecule has 1 aliphatic rings. The van der Waals surface area contributed by atoms with Gasteiger partial charge in [0.2, 0.25) is 0 Å². The molecule has 2 rings (SSSR count). The van der Waals surface area contributed by atoms with E-state index in [1.807, 2.05) is 6.92 Å². The number of aliphatic carboxylic acids is 1. The summed E-state index contributed by atoms with van der Waals surface area (Å²) in [5, 5.41) is 9.22. The van der Waals surface area contributed by atoms with Gasteiger partial charge in [-0.25, -0.2) is 0 Å². The first-order chi connectivity index (χ1) is 7.92. The summed E-state index contributed by atoms with van der Waals surface area (Å²) in [4.78, 5) is 13.4. The molecule has 0 bridgehead atoms. The van der Waals surface area contributed by atoms with E-state index in [4.69, 9.17) is 0 Å². The highest BCUT2D eigenvalue weighted by Crippen LogP contribution is 2.34. The molecule has 0 radical (unpaired) electrons. The molecule has 0 amide bonds. The molecule has 1 unspecified atom stereocenters. The second-order valence-corrected chi connectivity index (χ2v) is 5.33. The van der Waals surface area contributed by atoms with Gasteiger partial charge in [0.15, 0.2) is 0 Å². The summed E-state index contributed by atoms with van der Waals surface area (Å²) in [5.41, 5.74) is 3.03. The first-order valence-corrected chi connectivity index (χ1v) is 5.98. The zero-order chi connectivity index (χ0) is 12.6. The van der Waals surface area contributed by atoms with Crippen molar-refractivity contribution >= 4 is 11.7 Å². The molecule has 17 heavy (non-hydrogen) atoms. The topological polar surface area (TPSA) is 40.5 Å². The van der Waals surface area contributed by atoms with Gasteiger partial charge in [0.25, 0.3) is 0 Å². The molecule has 1 aromatic carbocycles. The first kappa shape index (κ1) is 12.0. The van der Waals surface area contributed by atoms with Gasteiger partial charge in [-0.3, -0.25) is 4.79 Å². The molecular formula is C14H19NO2. The van der Waals surface area contributed by atoms with Gasteiger partial charge in [0.05, 0.1) is 5.41 Å². The molecule has 1 heterocycles. The number of hydrogen-bond donors (Lipinski definition) is 1. The van der Waals surface area contributed by atoms with Gasteiger partial charge >= 0.3 is 5.97 Å². The molecule has 1 atom stereocenters. The fraction of sp³-hybridized carbons (Fsp3) is 0.500. The van der Waals surface area contributed by atoms with Crippen LogP contribution in [0.2, 0.25) is 0 Å². The zero-order valence-electron chi connectivity index (χ0n) is 10.7. The number of benzene rings is 1. The Balaban J connectivity index is 2.24. The molecule has 1 aromatic rings. The Morgan fingerprint density at radius 2 is 2.12 bits per heavy atom. The molecule has 0 aliphatic carbocycles. The second-order valence-electron chi connectivity index (χ2n) is 5.33. The lowest BCUT2D eigenvalue weighted by Gasteiger charge is -2.23. The van der Waals surface area contributed by atoms with E-state index >= 15 is 0 Å². The molecule has 1 saturated heterocycles. The SMILES string of the molecule is Cc1ccc(N2CCC(C)(C(=O)O)C2)c(C)c1. The molecule has 0 spiro atoms. The van der Waals surface area contributed by atoms with E-state index in [2.05, 4.69) is 36.9 Å². The van der Waals surface area contributed by atoms with E-state index in [9.17, 15) is 9.90 Å². The average Bonchev–Trinajstić information content (AvgIpc) is 2.62. The highest BCUT2D eigenvalue weighted by atomic mass is 16.4. The third kappa shape index (κ3) is 2.14.